The molecule has 1 heteroatoms. The molecule has 0 saturated heterocycles. The van der Waals surface area contributed by atoms with Gasteiger partial charge in [-0.15, -0.1) is 0 Å². The van der Waals surface area contributed by atoms with Gasteiger partial charge in [0.15, 0.2) is 0 Å². The minimum atomic E-state index is 0. The van der Waals surface area contributed by atoms with Gasteiger partial charge in [-0.05, 0) is 25.5 Å². The van der Waals surface area contributed by atoms with Crippen LogP contribution in [0.4, 0.5) is 5.69 Å². The molecule has 0 saturated carbocycles. The summed E-state index contributed by atoms with van der Waals surface area (Å²) >= 11 is 0. The monoisotopic (exact) mass is 151 g/mol. The molecule has 0 aliphatic carbocycles. The third-order valence-corrected chi connectivity index (χ3v) is 1.80. The van der Waals surface area contributed by atoms with Crippen LogP contribution < -0.4 is 5.32 Å². The predicted octanol–water partition coefficient (Wildman–Crippen LogP) is 3.14. The summed E-state index contributed by atoms with van der Waals surface area (Å²) in [5.74, 6) is 0. The number of hydrogen-bond acceptors (Lipinski definition) is 1. The summed E-state index contributed by atoms with van der Waals surface area (Å²) in [7, 11) is 0. The molecule has 1 atom stereocenters. The van der Waals surface area contributed by atoms with Crippen molar-refractivity contribution in [2.24, 2.45) is 0 Å². The first-order chi connectivity index (χ1) is 5.33. The minimum absolute atomic E-state index is 0. The second-order valence-electron chi connectivity index (χ2n) is 2.82. The van der Waals surface area contributed by atoms with Crippen LogP contribution >= 0.6 is 0 Å². The third-order valence-electron chi connectivity index (χ3n) is 1.80. The van der Waals surface area contributed by atoms with E-state index in [2.05, 4.69) is 31.3 Å². The van der Waals surface area contributed by atoms with Crippen LogP contribution in [0.2, 0.25) is 0 Å². The van der Waals surface area contributed by atoms with E-state index in [4.69, 9.17) is 0 Å². The van der Waals surface area contributed by atoms with Crippen LogP contribution in [0.25, 0.3) is 0 Å². The van der Waals surface area contributed by atoms with Crippen molar-refractivity contribution < 1.29 is 1.43 Å². The zero-order valence-corrected chi connectivity index (χ0v) is 7.17. The maximum absolute atomic E-state index is 3.39. The van der Waals surface area contributed by atoms with Crippen molar-refractivity contribution in [3.8, 4) is 0 Å². The van der Waals surface area contributed by atoms with Gasteiger partial charge in [-0.2, -0.15) is 0 Å². The van der Waals surface area contributed by atoms with E-state index in [9.17, 15) is 0 Å². The van der Waals surface area contributed by atoms with E-state index in [1.54, 1.807) is 0 Å². The lowest BCUT2D eigenvalue weighted by molar-refractivity contribution is 0.764. The molecular formula is C10H17N. The van der Waals surface area contributed by atoms with Gasteiger partial charge in [-0.1, -0.05) is 25.1 Å². The lowest BCUT2D eigenvalue weighted by Gasteiger charge is -2.11. The number of anilines is 1. The Morgan fingerprint density at radius 2 is 2.00 bits per heavy atom. The lowest BCUT2D eigenvalue weighted by Crippen LogP contribution is -2.12. The molecule has 0 spiro atoms. The van der Waals surface area contributed by atoms with E-state index in [0.29, 0.717) is 6.04 Å². The topological polar surface area (TPSA) is 12.0 Å². The van der Waals surface area contributed by atoms with Crippen LogP contribution in [0.3, 0.4) is 0 Å². The van der Waals surface area contributed by atoms with Gasteiger partial charge in [0, 0.05) is 13.2 Å². The molecule has 0 heterocycles. The van der Waals surface area contributed by atoms with Gasteiger partial charge in [-0.25, -0.2) is 0 Å². The number of benzene rings is 1. The fourth-order valence-corrected chi connectivity index (χ4v) is 0.921. The first-order valence-corrected chi connectivity index (χ1v) is 4.14. The van der Waals surface area contributed by atoms with Gasteiger partial charge >= 0.3 is 0 Å². The van der Waals surface area contributed by atoms with Gasteiger partial charge < -0.3 is 5.32 Å². The first-order valence-electron chi connectivity index (χ1n) is 4.14. The Morgan fingerprint density at radius 1 is 1.36 bits per heavy atom. The average molecular weight is 151 g/mol. The van der Waals surface area contributed by atoms with Crippen LogP contribution in [-0.2, 0) is 0 Å². The average Bonchev–Trinajstić information content (AvgIpc) is 2.06. The van der Waals surface area contributed by atoms with Gasteiger partial charge in [-0.3, -0.25) is 0 Å². The summed E-state index contributed by atoms with van der Waals surface area (Å²) in [6.45, 7) is 4.37. The fourth-order valence-electron chi connectivity index (χ4n) is 0.921. The van der Waals surface area contributed by atoms with E-state index in [1.165, 1.54) is 5.69 Å². The predicted molar refractivity (Wildman–Crippen MR) is 51.9 cm³/mol. The largest absolute Gasteiger partial charge is 0.383 e. The SMILES string of the molecule is CCC(C)Nc1ccccc1.[HH]. The van der Waals surface area contributed by atoms with E-state index >= 15 is 0 Å². The van der Waals surface area contributed by atoms with Gasteiger partial charge in [0.05, 0.1) is 0 Å². The molecular weight excluding hydrogens is 134 g/mol. The summed E-state index contributed by atoms with van der Waals surface area (Å²) in [5.41, 5.74) is 1.21. The second-order valence-corrected chi connectivity index (χ2v) is 2.82. The molecule has 0 fully saturated rings. The molecule has 0 amide bonds. The second kappa shape index (κ2) is 4.02. The Hall–Kier alpha value is -0.980. The van der Waals surface area contributed by atoms with E-state index in [1.807, 2.05) is 18.2 Å². The van der Waals surface area contributed by atoms with Crippen LogP contribution in [0.5, 0.6) is 0 Å². The van der Waals surface area contributed by atoms with E-state index in [-0.39, 0.29) is 1.43 Å². The number of rotatable bonds is 3. The number of nitrogens with one attached hydrogen (secondary N) is 1. The molecule has 1 nitrogen and oxygen atoms in total. The summed E-state index contributed by atoms with van der Waals surface area (Å²) < 4.78 is 0. The van der Waals surface area contributed by atoms with Gasteiger partial charge in [0.25, 0.3) is 0 Å². The molecule has 62 valence electrons. The molecule has 0 bridgehead atoms. The number of para-hydroxylation sites is 1. The van der Waals surface area contributed by atoms with E-state index in [0.717, 1.165) is 6.42 Å². The third kappa shape index (κ3) is 2.62. The van der Waals surface area contributed by atoms with Gasteiger partial charge in [0.2, 0.25) is 0 Å². The first kappa shape index (κ1) is 8.12. The molecule has 1 rings (SSSR count). The highest BCUT2D eigenvalue weighted by Gasteiger charge is 1.95. The Bertz CT molecular complexity index is 198. The molecule has 0 radical (unpaired) electrons. The zero-order valence-electron chi connectivity index (χ0n) is 7.17. The van der Waals surface area contributed by atoms with Crippen molar-refractivity contribution in [1.29, 1.82) is 0 Å². The Kier molecular flexibility index (Phi) is 2.96. The summed E-state index contributed by atoms with van der Waals surface area (Å²) in [4.78, 5) is 0. The Labute approximate surface area is 69.9 Å². The van der Waals surface area contributed by atoms with Crippen molar-refractivity contribution in [3.63, 3.8) is 0 Å². The summed E-state index contributed by atoms with van der Waals surface area (Å²) in [6, 6.07) is 10.9. The van der Waals surface area contributed by atoms with Crippen LogP contribution in [0.1, 0.15) is 21.7 Å². The van der Waals surface area contributed by atoms with Gasteiger partial charge in [0.1, 0.15) is 0 Å². The summed E-state index contributed by atoms with van der Waals surface area (Å²) in [6.07, 6.45) is 1.16. The highest BCUT2D eigenvalue weighted by molar-refractivity contribution is 5.43. The molecule has 11 heavy (non-hydrogen) atoms. The molecule has 0 aliphatic rings. The highest BCUT2D eigenvalue weighted by atomic mass is 14.9. The van der Waals surface area contributed by atoms with Crippen LogP contribution in [-0.4, -0.2) is 6.04 Å². The van der Waals surface area contributed by atoms with Crippen molar-refractivity contribution in [2.45, 2.75) is 26.3 Å². The Balaban J connectivity index is 0.00000121. The summed E-state index contributed by atoms with van der Waals surface area (Å²) in [5, 5.41) is 3.39. The minimum Gasteiger partial charge on any atom is -0.383 e. The molecule has 1 unspecified atom stereocenters. The molecule has 1 N–H and O–H groups in total. The fraction of sp³-hybridized carbons (Fsp3) is 0.400. The number of hydrogen-bond donors (Lipinski definition) is 1. The molecule has 1 aromatic rings. The maximum atomic E-state index is 3.39. The molecule has 0 aromatic heterocycles. The lowest BCUT2D eigenvalue weighted by atomic mass is 10.2. The van der Waals surface area contributed by atoms with Crippen molar-refractivity contribution in [1.82, 2.24) is 0 Å². The highest BCUT2D eigenvalue weighted by Crippen LogP contribution is 2.07. The maximum Gasteiger partial charge on any atom is 0.0342 e. The van der Waals surface area contributed by atoms with E-state index < -0.39 is 0 Å². The van der Waals surface area contributed by atoms with Crippen LogP contribution in [0.15, 0.2) is 30.3 Å². The molecule has 1 aromatic carbocycles. The quantitative estimate of drug-likeness (QED) is 0.699. The van der Waals surface area contributed by atoms with Crippen molar-refractivity contribution in [3.05, 3.63) is 30.3 Å². The smallest absolute Gasteiger partial charge is 0.0342 e. The molecule has 0 aliphatic heterocycles. The standard InChI is InChI=1S/C10H15N.H2/c1-3-9(2)11-10-7-5-4-6-8-10;/h4-9,11H,3H2,1-2H3;1H. The van der Waals surface area contributed by atoms with Crippen LogP contribution in [0, 0.1) is 0 Å². The zero-order chi connectivity index (χ0) is 8.10. The van der Waals surface area contributed by atoms with Crippen molar-refractivity contribution in [2.75, 3.05) is 5.32 Å². The normalized spacial score (nSPS) is 12.5. The Morgan fingerprint density at radius 3 is 2.55 bits per heavy atom. The van der Waals surface area contributed by atoms with Crippen molar-refractivity contribution >= 4 is 5.69 Å².